The van der Waals surface area contributed by atoms with Crippen LogP contribution in [0.25, 0.3) is 6.08 Å². The Morgan fingerprint density at radius 3 is 2.38 bits per heavy atom. The zero-order valence-electron chi connectivity index (χ0n) is 14.0. The Labute approximate surface area is 143 Å². The minimum Gasteiger partial charge on any atom is -0.378 e. The fraction of sp³-hybridized carbons (Fsp3) is 0.200. The van der Waals surface area contributed by atoms with Crippen LogP contribution in [0.3, 0.4) is 0 Å². The van der Waals surface area contributed by atoms with Crippen LogP contribution in [-0.4, -0.2) is 26.5 Å². The molecule has 2 aromatic carbocycles. The number of hydrogen-bond donors (Lipinski definition) is 1. The quantitative estimate of drug-likeness (QED) is 0.658. The van der Waals surface area contributed by atoms with Crippen molar-refractivity contribution in [1.82, 2.24) is 5.32 Å². The number of nitrogens with zero attached hydrogens (tertiary/aromatic N) is 2. The van der Waals surface area contributed by atoms with E-state index < -0.39 is 0 Å². The molecule has 24 heavy (non-hydrogen) atoms. The number of nitrogens with one attached hydrogen (secondary N) is 1. The number of hydrogen-bond acceptors (Lipinski definition) is 3. The highest BCUT2D eigenvalue weighted by Crippen LogP contribution is 2.14. The molecule has 4 nitrogen and oxygen atoms in total. The molecule has 0 bridgehead atoms. The second-order valence-corrected chi connectivity index (χ2v) is 5.65. The predicted octanol–water partition coefficient (Wildman–Crippen LogP) is 3.02. The van der Waals surface area contributed by atoms with Gasteiger partial charge in [0.2, 0.25) is 0 Å². The molecule has 122 valence electrons. The van der Waals surface area contributed by atoms with Gasteiger partial charge in [-0.05, 0) is 35.8 Å². The van der Waals surface area contributed by atoms with Crippen LogP contribution in [0.15, 0.2) is 60.2 Å². The summed E-state index contributed by atoms with van der Waals surface area (Å²) in [5, 5.41) is 12.0. The molecule has 0 aliphatic carbocycles. The van der Waals surface area contributed by atoms with Crippen molar-refractivity contribution in [3.63, 3.8) is 0 Å². The average Bonchev–Trinajstić information content (AvgIpc) is 2.60. The molecule has 0 saturated heterocycles. The van der Waals surface area contributed by atoms with Gasteiger partial charge in [-0.25, -0.2) is 0 Å². The maximum absolute atomic E-state index is 12.1. The maximum Gasteiger partial charge on any atom is 0.261 e. The van der Waals surface area contributed by atoms with Crippen molar-refractivity contribution in [2.45, 2.75) is 6.42 Å². The third kappa shape index (κ3) is 4.99. The Bertz CT molecular complexity index is 741. The smallest absolute Gasteiger partial charge is 0.261 e. The topological polar surface area (TPSA) is 56.1 Å². The second kappa shape index (κ2) is 8.54. The van der Waals surface area contributed by atoms with E-state index in [9.17, 15) is 10.1 Å². The van der Waals surface area contributed by atoms with E-state index in [0.29, 0.717) is 6.54 Å². The van der Waals surface area contributed by atoms with Crippen molar-refractivity contribution in [2.75, 3.05) is 25.5 Å². The van der Waals surface area contributed by atoms with Crippen LogP contribution >= 0.6 is 0 Å². The second-order valence-electron chi connectivity index (χ2n) is 5.65. The molecule has 0 heterocycles. The van der Waals surface area contributed by atoms with Crippen LogP contribution in [0.5, 0.6) is 0 Å². The minimum atomic E-state index is -0.342. The van der Waals surface area contributed by atoms with E-state index in [4.69, 9.17) is 0 Å². The first-order chi connectivity index (χ1) is 11.6. The largest absolute Gasteiger partial charge is 0.378 e. The zero-order chi connectivity index (χ0) is 17.4. The normalized spacial score (nSPS) is 10.8. The van der Waals surface area contributed by atoms with Crippen molar-refractivity contribution in [3.8, 4) is 6.07 Å². The third-order valence-electron chi connectivity index (χ3n) is 3.63. The molecule has 0 spiro atoms. The Kier molecular flexibility index (Phi) is 6.16. The van der Waals surface area contributed by atoms with Gasteiger partial charge in [0, 0.05) is 26.3 Å². The van der Waals surface area contributed by atoms with E-state index >= 15 is 0 Å². The summed E-state index contributed by atoms with van der Waals surface area (Å²) in [5.41, 5.74) is 3.16. The highest BCUT2D eigenvalue weighted by Gasteiger charge is 2.08. The number of benzene rings is 2. The van der Waals surface area contributed by atoms with E-state index in [1.54, 1.807) is 6.08 Å². The lowest BCUT2D eigenvalue weighted by Crippen LogP contribution is -2.26. The van der Waals surface area contributed by atoms with Crippen molar-refractivity contribution >= 4 is 17.7 Å². The average molecular weight is 319 g/mol. The molecule has 0 aromatic heterocycles. The summed E-state index contributed by atoms with van der Waals surface area (Å²) >= 11 is 0. The summed E-state index contributed by atoms with van der Waals surface area (Å²) in [5.74, 6) is -0.342. The Morgan fingerprint density at radius 1 is 1.12 bits per heavy atom. The molecule has 0 atom stereocenters. The summed E-state index contributed by atoms with van der Waals surface area (Å²) in [6.07, 6.45) is 2.35. The van der Waals surface area contributed by atoms with E-state index in [1.807, 2.05) is 79.7 Å². The van der Waals surface area contributed by atoms with Gasteiger partial charge in [-0.2, -0.15) is 5.26 Å². The predicted molar refractivity (Wildman–Crippen MR) is 97.5 cm³/mol. The van der Waals surface area contributed by atoms with Gasteiger partial charge >= 0.3 is 0 Å². The molecule has 0 aliphatic rings. The molecule has 1 N–H and O–H groups in total. The summed E-state index contributed by atoms with van der Waals surface area (Å²) < 4.78 is 0. The Hall–Kier alpha value is -3.06. The Morgan fingerprint density at radius 2 is 1.79 bits per heavy atom. The van der Waals surface area contributed by atoms with Gasteiger partial charge < -0.3 is 10.2 Å². The lowest BCUT2D eigenvalue weighted by molar-refractivity contribution is -0.117. The van der Waals surface area contributed by atoms with Crippen molar-refractivity contribution < 1.29 is 4.79 Å². The highest BCUT2D eigenvalue weighted by atomic mass is 16.1. The first-order valence-corrected chi connectivity index (χ1v) is 7.81. The van der Waals surface area contributed by atoms with Crippen LogP contribution in [0.2, 0.25) is 0 Å². The SMILES string of the molecule is CN(C)c1ccc(C=C(C#N)C(=O)NCCc2ccccc2)cc1. The van der Waals surface area contributed by atoms with E-state index in [-0.39, 0.29) is 11.5 Å². The molecular formula is C20H21N3O. The van der Waals surface area contributed by atoms with Gasteiger partial charge in [0.1, 0.15) is 11.6 Å². The lowest BCUT2D eigenvalue weighted by atomic mass is 10.1. The maximum atomic E-state index is 12.1. The van der Waals surface area contributed by atoms with Crippen LogP contribution in [0.4, 0.5) is 5.69 Å². The van der Waals surface area contributed by atoms with Crippen LogP contribution < -0.4 is 10.2 Å². The highest BCUT2D eigenvalue weighted by molar-refractivity contribution is 6.01. The van der Waals surface area contributed by atoms with E-state index in [2.05, 4.69) is 5.32 Å². The molecule has 2 rings (SSSR count). The van der Waals surface area contributed by atoms with Gasteiger partial charge in [0.25, 0.3) is 5.91 Å². The fourth-order valence-corrected chi connectivity index (χ4v) is 2.24. The summed E-state index contributed by atoms with van der Waals surface area (Å²) in [6, 6.07) is 19.6. The molecule has 0 radical (unpaired) electrons. The zero-order valence-corrected chi connectivity index (χ0v) is 14.0. The van der Waals surface area contributed by atoms with Crippen molar-refractivity contribution in [1.29, 1.82) is 5.26 Å². The van der Waals surface area contributed by atoms with Crippen LogP contribution in [0, 0.1) is 11.3 Å². The summed E-state index contributed by atoms with van der Waals surface area (Å²) in [4.78, 5) is 14.1. The first-order valence-electron chi connectivity index (χ1n) is 7.81. The first kappa shape index (κ1) is 17.3. The molecule has 4 heteroatoms. The summed E-state index contributed by atoms with van der Waals surface area (Å²) in [7, 11) is 3.93. The van der Waals surface area contributed by atoms with E-state index in [1.165, 1.54) is 0 Å². The van der Waals surface area contributed by atoms with Crippen molar-refractivity contribution in [2.24, 2.45) is 0 Å². The van der Waals surface area contributed by atoms with Gasteiger partial charge in [0.05, 0.1) is 0 Å². The van der Waals surface area contributed by atoms with Crippen LogP contribution in [0.1, 0.15) is 11.1 Å². The lowest BCUT2D eigenvalue weighted by Gasteiger charge is -2.11. The van der Waals surface area contributed by atoms with Gasteiger partial charge in [-0.3, -0.25) is 4.79 Å². The van der Waals surface area contributed by atoms with Gasteiger partial charge in [-0.15, -0.1) is 0 Å². The van der Waals surface area contributed by atoms with Gasteiger partial charge in [0.15, 0.2) is 0 Å². The fourth-order valence-electron chi connectivity index (χ4n) is 2.24. The monoisotopic (exact) mass is 319 g/mol. The molecule has 0 saturated carbocycles. The molecule has 2 aromatic rings. The molecule has 0 aliphatic heterocycles. The number of nitriles is 1. The molecule has 1 amide bonds. The number of anilines is 1. The van der Waals surface area contributed by atoms with Crippen molar-refractivity contribution in [3.05, 3.63) is 71.3 Å². The Balaban J connectivity index is 1.96. The summed E-state index contributed by atoms with van der Waals surface area (Å²) in [6.45, 7) is 0.501. The minimum absolute atomic E-state index is 0.112. The molecule has 0 fully saturated rings. The number of carbonyl (C=O) groups is 1. The molecular weight excluding hydrogens is 298 g/mol. The number of rotatable bonds is 6. The van der Waals surface area contributed by atoms with Crippen LogP contribution in [-0.2, 0) is 11.2 Å². The van der Waals surface area contributed by atoms with E-state index in [0.717, 1.165) is 23.2 Å². The molecule has 0 unspecified atom stereocenters. The number of amides is 1. The third-order valence-corrected chi connectivity index (χ3v) is 3.63. The van der Waals surface area contributed by atoms with Gasteiger partial charge in [-0.1, -0.05) is 42.5 Å². The standard InChI is InChI=1S/C20H21N3O/c1-23(2)19-10-8-17(9-11-19)14-18(15-21)20(24)22-13-12-16-6-4-3-5-7-16/h3-11,14H,12-13H2,1-2H3,(H,22,24). The number of carbonyl (C=O) groups excluding carboxylic acids is 1.